The number of methoxy groups -OCH3 is 1. The van der Waals surface area contributed by atoms with Crippen molar-refractivity contribution in [2.75, 3.05) is 20.2 Å². The van der Waals surface area contributed by atoms with E-state index in [4.69, 9.17) is 16.3 Å². The first kappa shape index (κ1) is 16.1. The molecule has 2 rings (SSSR count). The molecule has 0 radical (unpaired) electrons. The van der Waals surface area contributed by atoms with Crippen LogP contribution in [0, 0.1) is 0 Å². The second-order valence-electron chi connectivity index (χ2n) is 4.19. The monoisotopic (exact) mass is 347 g/mol. The van der Waals surface area contributed by atoms with E-state index in [0.717, 1.165) is 31.0 Å². The minimum atomic E-state index is 0. The molecule has 0 saturated heterocycles. The maximum absolute atomic E-state index is 6.08. The smallest absolute Gasteiger partial charge is 0.191 e. The summed E-state index contributed by atoms with van der Waals surface area (Å²) in [6.07, 6.45) is 2.32. The molecule has 19 heavy (non-hydrogen) atoms. The molecule has 0 spiro atoms. The predicted octanol–water partition coefficient (Wildman–Crippen LogP) is 2.76. The molecular formula is C13H19BrClN3O. The van der Waals surface area contributed by atoms with Crippen molar-refractivity contribution >= 4 is 34.5 Å². The first-order chi connectivity index (χ1) is 8.79. The second-order valence-corrected chi connectivity index (χ2v) is 4.59. The number of ether oxygens (including phenoxy) is 1. The van der Waals surface area contributed by atoms with E-state index in [0.29, 0.717) is 17.3 Å². The number of guanidine groups is 1. The average Bonchev–Trinajstić information content (AvgIpc) is 2.65. The number of nitrogens with one attached hydrogen (secondary N) is 2. The van der Waals surface area contributed by atoms with Gasteiger partial charge in [-0.05, 0) is 30.5 Å². The maximum atomic E-state index is 6.08. The Kier molecular flexibility index (Phi) is 7.02. The molecule has 0 unspecified atom stereocenters. The van der Waals surface area contributed by atoms with Gasteiger partial charge in [-0.25, -0.2) is 0 Å². The molecular weight excluding hydrogens is 330 g/mol. The van der Waals surface area contributed by atoms with Crippen molar-refractivity contribution in [2.45, 2.75) is 19.4 Å². The molecule has 1 aromatic carbocycles. The number of halogens is 2. The van der Waals surface area contributed by atoms with Crippen molar-refractivity contribution in [1.82, 2.24) is 10.6 Å². The number of rotatable bonds is 3. The minimum absolute atomic E-state index is 0. The SMILES string of the molecule is Br.COc1ccc(CNC2=NCCCCN2)cc1Cl. The Hall–Kier alpha value is -0.940. The number of nitrogens with zero attached hydrogens (tertiary/aromatic N) is 1. The van der Waals surface area contributed by atoms with E-state index in [9.17, 15) is 0 Å². The highest BCUT2D eigenvalue weighted by molar-refractivity contribution is 8.93. The van der Waals surface area contributed by atoms with Crippen LogP contribution >= 0.6 is 28.6 Å². The first-order valence-corrected chi connectivity index (χ1v) is 6.52. The molecule has 1 heterocycles. The summed E-state index contributed by atoms with van der Waals surface area (Å²) in [5, 5.41) is 7.18. The van der Waals surface area contributed by atoms with Crippen LogP contribution in [-0.2, 0) is 6.54 Å². The lowest BCUT2D eigenvalue weighted by Crippen LogP contribution is -2.36. The van der Waals surface area contributed by atoms with E-state index in [1.807, 2.05) is 18.2 Å². The van der Waals surface area contributed by atoms with Gasteiger partial charge in [-0.2, -0.15) is 0 Å². The molecule has 0 amide bonds. The molecule has 0 bridgehead atoms. The fourth-order valence-corrected chi connectivity index (χ4v) is 2.09. The highest BCUT2D eigenvalue weighted by Crippen LogP contribution is 2.24. The van der Waals surface area contributed by atoms with Gasteiger partial charge in [-0.1, -0.05) is 17.7 Å². The summed E-state index contributed by atoms with van der Waals surface area (Å²) < 4.78 is 5.12. The molecule has 1 aromatic rings. The van der Waals surface area contributed by atoms with Gasteiger partial charge < -0.3 is 15.4 Å². The lowest BCUT2D eigenvalue weighted by Gasteiger charge is -2.11. The first-order valence-electron chi connectivity index (χ1n) is 6.14. The molecule has 1 aliphatic rings. The Bertz CT molecular complexity index is 440. The predicted molar refractivity (Wildman–Crippen MR) is 84.7 cm³/mol. The molecule has 106 valence electrons. The van der Waals surface area contributed by atoms with Crippen LogP contribution in [0.25, 0.3) is 0 Å². The van der Waals surface area contributed by atoms with Crippen molar-refractivity contribution in [2.24, 2.45) is 4.99 Å². The van der Waals surface area contributed by atoms with Crippen LogP contribution < -0.4 is 15.4 Å². The van der Waals surface area contributed by atoms with Gasteiger partial charge in [0.05, 0.1) is 12.1 Å². The van der Waals surface area contributed by atoms with E-state index < -0.39 is 0 Å². The summed E-state index contributed by atoms with van der Waals surface area (Å²) in [5.74, 6) is 1.57. The Labute approximate surface area is 129 Å². The Balaban J connectivity index is 0.00000180. The van der Waals surface area contributed by atoms with E-state index in [-0.39, 0.29) is 17.0 Å². The zero-order valence-corrected chi connectivity index (χ0v) is 13.4. The van der Waals surface area contributed by atoms with E-state index >= 15 is 0 Å². The quantitative estimate of drug-likeness (QED) is 0.883. The Morgan fingerprint density at radius 3 is 3.00 bits per heavy atom. The third-order valence-corrected chi connectivity index (χ3v) is 3.12. The van der Waals surface area contributed by atoms with Crippen molar-refractivity contribution in [3.63, 3.8) is 0 Å². The molecule has 0 aliphatic carbocycles. The normalized spacial score (nSPS) is 14.5. The summed E-state index contributed by atoms with van der Waals surface area (Å²) in [6, 6.07) is 5.78. The zero-order valence-electron chi connectivity index (χ0n) is 10.9. The van der Waals surface area contributed by atoms with Gasteiger partial charge in [0.15, 0.2) is 5.96 Å². The number of aliphatic imine (C=N–C) groups is 1. The van der Waals surface area contributed by atoms with Crippen LogP contribution in [0.15, 0.2) is 23.2 Å². The lowest BCUT2D eigenvalue weighted by molar-refractivity contribution is 0.415. The summed E-state index contributed by atoms with van der Waals surface area (Å²) in [5.41, 5.74) is 1.11. The van der Waals surface area contributed by atoms with Gasteiger partial charge in [0.2, 0.25) is 0 Å². The molecule has 6 heteroatoms. The molecule has 0 aromatic heterocycles. The lowest BCUT2D eigenvalue weighted by atomic mass is 10.2. The summed E-state index contributed by atoms with van der Waals surface area (Å²) >= 11 is 6.08. The molecule has 4 nitrogen and oxygen atoms in total. The van der Waals surface area contributed by atoms with Crippen LogP contribution in [0.5, 0.6) is 5.75 Å². The van der Waals surface area contributed by atoms with E-state index in [1.165, 1.54) is 6.42 Å². The van der Waals surface area contributed by atoms with Gasteiger partial charge in [0, 0.05) is 19.6 Å². The second kappa shape index (κ2) is 8.27. The fourth-order valence-electron chi connectivity index (χ4n) is 1.81. The highest BCUT2D eigenvalue weighted by Gasteiger charge is 2.04. The standard InChI is InChI=1S/C13H18ClN3O.BrH/c1-18-12-5-4-10(8-11(12)14)9-17-13-15-6-2-3-7-16-13;/h4-5,8H,2-3,6-7,9H2,1H3,(H2,15,16,17);1H. The average molecular weight is 349 g/mol. The van der Waals surface area contributed by atoms with Crippen molar-refractivity contribution < 1.29 is 4.74 Å². The van der Waals surface area contributed by atoms with Crippen LogP contribution in [0.2, 0.25) is 5.02 Å². The topological polar surface area (TPSA) is 45.6 Å². The number of benzene rings is 1. The zero-order chi connectivity index (χ0) is 12.8. The van der Waals surface area contributed by atoms with Crippen LogP contribution in [0.4, 0.5) is 0 Å². The van der Waals surface area contributed by atoms with Gasteiger partial charge in [-0.3, -0.25) is 4.99 Å². The van der Waals surface area contributed by atoms with Gasteiger partial charge in [-0.15, -0.1) is 17.0 Å². The number of hydrogen-bond donors (Lipinski definition) is 2. The maximum Gasteiger partial charge on any atom is 0.191 e. The highest BCUT2D eigenvalue weighted by atomic mass is 79.9. The molecule has 1 aliphatic heterocycles. The molecule has 0 fully saturated rings. The van der Waals surface area contributed by atoms with Crippen LogP contribution in [0.1, 0.15) is 18.4 Å². The summed E-state index contributed by atoms with van der Waals surface area (Å²) in [4.78, 5) is 4.43. The van der Waals surface area contributed by atoms with Crippen LogP contribution in [0.3, 0.4) is 0 Å². The summed E-state index contributed by atoms with van der Waals surface area (Å²) in [6.45, 7) is 2.57. The van der Waals surface area contributed by atoms with Crippen molar-refractivity contribution in [3.8, 4) is 5.75 Å². The Morgan fingerprint density at radius 1 is 1.42 bits per heavy atom. The fraction of sp³-hybridized carbons (Fsp3) is 0.462. The largest absolute Gasteiger partial charge is 0.495 e. The van der Waals surface area contributed by atoms with Gasteiger partial charge in [0.25, 0.3) is 0 Å². The van der Waals surface area contributed by atoms with Crippen LogP contribution in [-0.4, -0.2) is 26.2 Å². The van der Waals surface area contributed by atoms with E-state index in [1.54, 1.807) is 7.11 Å². The van der Waals surface area contributed by atoms with Crippen molar-refractivity contribution in [3.05, 3.63) is 28.8 Å². The Morgan fingerprint density at radius 2 is 2.26 bits per heavy atom. The molecule has 2 N–H and O–H groups in total. The summed E-state index contributed by atoms with van der Waals surface area (Å²) in [7, 11) is 1.61. The minimum Gasteiger partial charge on any atom is -0.495 e. The third-order valence-electron chi connectivity index (χ3n) is 2.82. The number of hydrogen-bond acceptors (Lipinski definition) is 4. The molecule has 0 saturated carbocycles. The van der Waals surface area contributed by atoms with E-state index in [2.05, 4.69) is 15.6 Å². The molecule has 0 atom stereocenters. The van der Waals surface area contributed by atoms with Crippen molar-refractivity contribution in [1.29, 1.82) is 0 Å². The van der Waals surface area contributed by atoms with Gasteiger partial charge >= 0.3 is 0 Å². The van der Waals surface area contributed by atoms with Gasteiger partial charge in [0.1, 0.15) is 5.75 Å². The third kappa shape index (κ3) is 4.91.